The SMILES string of the molecule is O=C(C#CC1CC1)C(=O)c1ccccc1. The summed E-state index contributed by atoms with van der Waals surface area (Å²) in [4.78, 5) is 22.9. The van der Waals surface area contributed by atoms with Crippen LogP contribution in [0.1, 0.15) is 23.2 Å². The van der Waals surface area contributed by atoms with Crippen molar-refractivity contribution >= 4 is 11.6 Å². The van der Waals surface area contributed by atoms with Crippen molar-refractivity contribution in [1.82, 2.24) is 0 Å². The van der Waals surface area contributed by atoms with Gasteiger partial charge >= 0.3 is 0 Å². The van der Waals surface area contributed by atoms with Crippen LogP contribution in [-0.2, 0) is 4.79 Å². The average molecular weight is 198 g/mol. The Morgan fingerprint density at radius 1 is 1.13 bits per heavy atom. The van der Waals surface area contributed by atoms with E-state index in [2.05, 4.69) is 11.8 Å². The summed E-state index contributed by atoms with van der Waals surface area (Å²) in [6, 6.07) is 8.51. The van der Waals surface area contributed by atoms with Gasteiger partial charge < -0.3 is 0 Å². The molecule has 0 aromatic heterocycles. The zero-order chi connectivity index (χ0) is 10.7. The number of carbonyl (C=O) groups excluding carboxylic acids is 2. The number of benzene rings is 1. The van der Waals surface area contributed by atoms with E-state index in [9.17, 15) is 9.59 Å². The highest BCUT2D eigenvalue weighted by molar-refractivity contribution is 6.49. The van der Waals surface area contributed by atoms with Crippen molar-refractivity contribution in [3.05, 3.63) is 35.9 Å². The molecule has 1 saturated carbocycles. The fraction of sp³-hybridized carbons (Fsp3) is 0.231. The summed E-state index contributed by atoms with van der Waals surface area (Å²) >= 11 is 0. The molecule has 0 aliphatic heterocycles. The number of ketones is 2. The van der Waals surface area contributed by atoms with Gasteiger partial charge in [0.2, 0.25) is 5.78 Å². The molecule has 0 heterocycles. The lowest BCUT2D eigenvalue weighted by Gasteiger charge is -1.93. The van der Waals surface area contributed by atoms with Crippen molar-refractivity contribution in [3.63, 3.8) is 0 Å². The Hall–Kier alpha value is -1.88. The van der Waals surface area contributed by atoms with Crippen molar-refractivity contribution in [1.29, 1.82) is 0 Å². The molecule has 0 saturated heterocycles. The van der Waals surface area contributed by atoms with Gasteiger partial charge in [0.15, 0.2) is 0 Å². The van der Waals surface area contributed by atoms with Crippen molar-refractivity contribution < 1.29 is 9.59 Å². The van der Waals surface area contributed by atoms with Crippen LogP contribution in [0.4, 0.5) is 0 Å². The first-order chi connectivity index (χ1) is 7.27. The Morgan fingerprint density at radius 2 is 1.80 bits per heavy atom. The molecule has 2 rings (SSSR count). The maximum atomic E-state index is 11.5. The number of hydrogen-bond acceptors (Lipinski definition) is 2. The molecule has 2 heteroatoms. The van der Waals surface area contributed by atoms with Gasteiger partial charge in [0, 0.05) is 11.5 Å². The third-order valence-corrected chi connectivity index (χ3v) is 2.21. The van der Waals surface area contributed by atoms with Crippen LogP contribution >= 0.6 is 0 Å². The number of rotatable bonds is 2. The topological polar surface area (TPSA) is 34.1 Å². The summed E-state index contributed by atoms with van der Waals surface area (Å²) in [6.45, 7) is 0. The maximum absolute atomic E-state index is 11.5. The number of carbonyl (C=O) groups is 2. The molecule has 0 spiro atoms. The van der Waals surface area contributed by atoms with E-state index < -0.39 is 11.6 Å². The van der Waals surface area contributed by atoms with Crippen LogP contribution in [0.15, 0.2) is 30.3 Å². The van der Waals surface area contributed by atoms with Crippen LogP contribution in [0.5, 0.6) is 0 Å². The highest BCUT2D eigenvalue weighted by atomic mass is 16.2. The number of Topliss-reactive ketones (excluding diaryl/α,β-unsaturated/α-hetero) is 2. The van der Waals surface area contributed by atoms with Crippen molar-refractivity contribution in [3.8, 4) is 11.8 Å². The van der Waals surface area contributed by atoms with E-state index in [1.807, 2.05) is 0 Å². The van der Waals surface area contributed by atoms with Gasteiger partial charge in [0.25, 0.3) is 5.78 Å². The molecule has 0 amide bonds. The molecule has 15 heavy (non-hydrogen) atoms. The zero-order valence-electron chi connectivity index (χ0n) is 8.19. The predicted octanol–water partition coefficient (Wildman–Crippen LogP) is 1.85. The molecule has 1 aromatic rings. The average Bonchev–Trinajstić information content (AvgIpc) is 3.10. The van der Waals surface area contributed by atoms with Crippen LogP contribution in [0.3, 0.4) is 0 Å². The second-order valence-electron chi connectivity index (χ2n) is 3.57. The summed E-state index contributed by atoms with van der Waals surface area (Å²) in [6.07, 6.45) is 2.11. The molecule has 1 fully saturated rings. The minimum absolute atomic E-state index is 0.345. The highest BCUT2D eigenvalue weighted by Gasteiger charge is 2.19. The number of hydrogen-bond donors (Lipinski definition) is 0. The van der Waals surface area contributed by atoms with Crippen molar-refractivity contribution in [2.45, 2.75) is 12.8 Å². The fourth-order valence-corrected chi connectivity index (χ4v) is 1.17. The predicted molar refractivity (Wildman–Crippen MR) is 56.3 cm³/mol. The minimum Gasteiger partial charge on any atom is -0.284 e. The zero-order valence-corrected chi connectivity index (χ0v) is 8.19. The normalized spacial score (nSPS) is 13.9. The molecule has 0 atom stereocenters. The van der Waals surface area contributed by atoms with E-state index in [-0.39, 0.29) is 0 Å². The molecule has 1 aromatic carbocycles. The maximum Gasteiger partial charge on any atom is 0.276 e. The molecule has 0 radical (unpaired) electrons. The van der Waals surface area contributed by atoms with Crippen LogP contribution in [0.2, 0.25) is 0 Å². The quantitative estimate of drug-likeness (QED) is 0.314. The Morgan fingerprint density at radius 3 is 2.40 bits per heavy atom. The van der Waals surface area contributed by atoms with Gasteiger partial charge in [0.05, 0.1) is 0 Å². The highest BCUT2D eigenvalue weighted by Crippen LogP contribution is 2.27. The van der Waals surface area contributed by atoms with Gasteiger partial charge in [-0.3, -0.25) is 9.59 Å². The van der Waals surface area contributed by atoms with Gasteiger partial charge in [-0.15, -0.1) is 0 Å². The first kappa shape index (κ1) is 9.67. The molecule has 0 unspecified atom stereocenters. The summed E-state index contributed by atoms with van der Waals surface area (Å²) in [5.74, 6) is 4.42. The van der Waals surface area contributed by atoms with Crippen molar-refractivity contribution in [2.75, 3.05) is 0 Å². The molecule has 1 aliphatic carbocycles. The second kappa shape index (κ2) is 4.10. The van der Waals surface area contributed by atoms with E-state index in [0.29, 0.717) is 11.5 Å². The van der Waals surface area contributed by atoms with E-state index in [0.717, 1.165) is 12.8 Å². The lowest BCUT2D eigenvalue weighted by Crippen LogP contribution is -2.11. The Bertz CT molecular complexity index is 444. The molecule has 0 N–H and O–H groups in total. The summed E-state index contributed by atoms with van der Waals surface area (Å²) in [5.41, 5.74) is 0.410. The Labute approximate surface area is 88.3 Å². The summed E-state index contributed by atoms with van der Waals surface area (Å²) in [7, 11) is 0. The van der Waals surface area contributed by atoms with Crippen molar-refractivity contribution in [2.24, 2.45) is 5.92 Å². The van der Waals surface area contributed by atoms with Gasteiger partial charge in [-0.05, 0) is 18.8 Å². The summed E-state index contributed by atoms with van der Waals surface area (Å²) < 4.78 is 0. The third-order valence-electron chi connectivity index (χ3n) is 2.21. The van der Waals surface area contributed by atoms with Gasteiger partial charge in [-0.1, -0.05) is 36.3 Å². The molecule has 0 bridgehead atoms. The smallest absolute Gasteiger partial charge is 0.276 e. The Balaban J connectivity index is 2.08. The minimum atomic E-state index is -0.604. The molecular weight excluding hydrogens is 188 g/mol. The van der Waals surface area contributed by atoms with Crippen LogP contribution < -0.4 is 0 Å². The standard InChI is InChI=1S/C13H10O2/c14-12(9-8-10-6-7-10)13(15)11-4-2-1-3-5-11/h1-5,10H,6-7H2. The monoisotopic (exact) mass is 198 g/mol. The lowest BCUT2D eigenvalue weighted by atomic mass is 10.1. The first-order valence-corrected chi connectivity index (χ1v) is 4.92. The van der Waals surface area contributed by atoms with E-state index in [4.69, 9.17) is 0 Å². The third kappa shape index (κ3) is 2.54. The van der Waals surface area contributed by atoms with Gasteiger partial charge in [0.1, 0.15) is 0 Å². The van der Waals surface area contributed by atoms with E-state index in [1.165, 1.54) is 0 Å². The van der Waals surface area contributed by atoms with Gasteiger partial charge in [-0.2, -0.15) is 0 Å². The van der Waals surface area contributed by atoms with E-state index in [1.54, 1.807) is 30.3 Å². The second-order valence-corrected chi connectivity index (χ2v) is 3.57. The summed E-state index contributed by atoms with van der Waals surface area (Å²) in [5, 5.41) is 0. The van der Waals surface area contributed by atoms with E-state index >= 15 is 0 Å². The first-order valence-electron chi connectivity index (χ1n) is 4.92. The Kier molecular flexibility index (Phi) is 2.64. The molecule has 2 nitrogen and oxygen atoms in total. The molecular formula is C13H10O2. The van der Waals surface area contributed by atoms with Crippen LogP contribution in [-0.4, -0.2) is 11.6 Å². The lowest BCUT2D eigenvalue weighted by molar-refractivity contribution is -0.110. The van der Waals surface area contributed by atoms with Crippen LogP contribution in [0, 0.1) is 17.8 Å². The molecule has 74 valence electrons. The fourth-order valence-electron chi connectivity index (χ4n) is 1.17. The van der Waals surface area contributed by atoms with Crippen LogP contribution in [0.25, 0.3) is 0 Å². The largest absolute Gasteiger partial charge is 0.284 e. The van der Waals surface area contributed by atoms with Gasteiger partial charge in [-0.25, -0.2) is 0 Å². The molecule has 1 aliphatic rings.